The fourth-order valence-electron chi connectivity index (χ4n) is 5.94. The number of carbonyl (C=O) groups excluding carboxylic acids is 2. The quantitative estimate of drug-likeness (QED) is 0.657. The molecule has 1 unspecified atom stereocenters. The standard InChI is InChI=1S/C24H35ClN2O3/c1-14(23(30)26-13-17-7-5-6-8-19(17)25)18-9-11-24(4)12-10-20(27-16(3)28)15(2)21(24)22(18)29/h5-8,14-15,18,20-22,29H,9-13H2,1-4H3,(H,26,30)(H,27,28)/t14-,15+,18?,20-,21+,22-,24-/m0/s1. The lowest BCUT2D eigenvalue weighted by Crippen LogP contribution is -2.58. The number of rotatable bonds is 5. The van der Waals surface area contributed by atoms with Crippen LogP contribution in [0, 0.1) is 29.1 Å². The van der Waals surface area contributed by atoms with Crippen LogP contribution in [0.4, 0.5) is 0 Å². The minimum absolute atomic E-state index is 0.0235. The summed E-state index contributed by atoms with van der Waals surface area (Å²) in [5, 5.41) is 18.1. The summed E-state index contributed by atoms with van der Waals surface area (Å²) in [6.45, 7) is 8.24. The van der Waals surface area contributed by atoms with Crippen LogP contribution in [-0.2, 0) is 16.1 Å². The Hall–Kier alpha value is -1.59. The second kappa shape index (κ2) is 9.27. The number of hydrogen-bond donors (Lipinski definition) is 3. The van der Waals surface area contributed by atoms with E-state index in [4.69, 9.17) is 11.6 Å². The van der Waals surface area contributed by atoms with E-state index in [1.165, 1.54) is 0 Å². The first kappa shape index (κ1) is 23.1. The van der Waals surface area contributed by atoms with Gasteiger partial charge in [0.15, 0.2) is 0 Å². The van der Waals surface area contributed by atoms with Gasteiger partial charge in [-0.2, -0.15) is 0 Å². The molecule has 5 nitrogen and oxygen atoms in total. The molecule has 2 amide bonds. The Balaban J connectivity index is 1.68. The predicted octanol–water partition coefficient (Wildman–Crippen LogP) is 3.92. The summed E-state index contributed by atoms with van der Waals surface area (Å²) in [4.78, 5) is 24.5. The van der Waals surface area contributed by atoms with E-state index < -0.39 is 6.10 Å². The molecule has 0 heterocycles. The molecule has 0 radical (unpaired) electrons. The van der Waals surface area contributed by atoms with Gasteiger partial charge in [-0.1, -0.05) is 50.6 Å². The third-order valence-corrected chi connectivity index (χ3v) is 8.11. The molecule has 0 bridgehead atoms. The van der Waals surface area contributed by atoms with Crippen molar-refractivity contribution in [3.05, 3.63) is 34.9 Å². The summed E-state index contributed by atoms with van der Waals surface area (Å²) < 4.78 is 0. The first-order valence-corrected chi connectivity index (χ1v) is 11.5. The smallest absolute Gasteiger partial charge is 0.223 e. The van der Waals surface area contributed by atoms with Crippen molar-refractivity contribution in [2.75, 3.05) is 0 Å². The number of fused-ring (bicyclic) bond motifs is 1. The van der Waals surface area contributed by atoms with Crippen LogP contribution in [0.5, 0.6) is 0 Å². The van der Waals surface area contributed by atoms with Crippen molar-refractivity contribution in [1.82, 2.24) is 10.6 Å². The normalized spacial score (nSPS) is 34.5. The Bertz CT molecular complexity index is 785. The lowest BCUT2D eigenvalue weighted by molar-refractivity contribution is -0.143. The zero-order chi connectivity index (χ0) is 22.1. The van der Waals surface area contributed by atoms with Crippen LogP contribution in [0.1, 0.15) is 58.9 Å². The number of aliphatic hydroxyl groups is 1. The first-order chi connectivity index (χ1) is 14.1. The highest BCUT2D eigenvalue weighted by molar-refractivity contribution is 6.31. The van der Waals surface area contributed by atoms with Crippen molar-refractivity contribution in [2.45, 2.75) is 72.1 Å². The number of nitrogens with one attached hydrogen (secondary N) is 2. The van der Waals surface area contributed by atoms with Crippen molar-refractivity contribution in [3.8, 4) is 0 Å². The van der Waals surface area contributed by atoms with Crippen molar-refractivity contribution in [3.63, 3.8) is 0 Å². The Morgan fingerprint density at radius 2 is 1.93 bits per heavy atom. The maximum Gasteiger partial charge on any atom is 0.223 e. The zero-order valence-corrected chi connectivity index (χ0v) is 19.2. The number of hydrogen-bond acceptors (Lipinski definition) is 3. The average Bonchev–Trinajstić information content (AvgIpc) is 2.69. The minimum Gasteiger partial charge on any atom is -0.392 e. The van der Waals surface area contributed by atoms with Gasteiger partial charge in [-0.25, -0.2) is 0 Å². The number of benzene rings is 1. The number of amides is 2. The fourth-order valence-corrected chi connectivity index (χ4v) is 6.14. The topological polar surface area (TPSA) is 78.4 Å². The van der Waals surface area contributed by atoms with Gasteiger partial charge >= 0.3 is 0 Å². The van der Waals surface area contributed by atoms with Gasteiger partial charge in [0, 0.05) is 30.5 Å². The van der Waals surface area contributed by atoms with E-state index in [1.807, 2.05) is 31.2 Å². The monoisotopic (exact) mass is 434 g/mol. The lowest BCUT2D eigenvalue weighted by Gasteiger charge is -2.56. The Labute approximate surface area is 185 Å². The summed E-state index contributed by atoms with van der Waals surface area (Å²) in [7, 11) is 0. The molecule has 3 N–H and O–H groups in total. The third-order valence-electron chi connectivity index (χ3n) is 7.74. The second-order valence-electron chi connectivity index (χ2n) is 9.68. The average molecular weight is 435 g/mol. The van der Waals surface area contributed by atoms with Crippen LogP contribution in [0.3, 0.4) is 0 Å². The number of halogens is 1. The Morgan fingerprint density at radius 1 is 1.27 bits per heavy atom. The van der Waals surface area contributed by atoms with Gasteiger partial charge in [0.05, 0.1) is 6.10 Å². The molecule has 2 saturated carbocycles. The molecule has 166 valence electrons. The van der Waals surface area contributed by atoms with Gasteiger partial charge in [-0.05, 0) is 60.5 Å². The lowest BCUT2D eigenvalue weighted by atomic mass is 9.51. The molecule has 1 aromatic rings. The first-order valence-electron chi connectivity index (χ1n) is 11.1. The van der Waals surface area contributed by atoms with Gasteiger partial charge in [-0.3, -0.25) is 9.59 Å². The molecule has 2 aliphatic carbocycles. The number of aliphatic hydroxyl groups excluding tert-OH is 1. The molecule has 6 heteroatoms. The summed E-state index contributed by atoms with van der Waals surface area (Å²) >= 11 is 6.20. The van der Waals surface area contributed by atoms with Crippen LogP contribution < -0.4 is 10.6 Å². The van der Waals surface area contributed by atoms with Gasteiger partial charge < -0.3 is 15.7 Å². The largest absolute Gasteiger partial charge is 0.392 e. The van der Waals surface area contributed by atoms with Crippen molar-refractivity contribution >= 4 is 23.4 Å². The second-order valence-corrected chi connectivity index (χ2v) is 10.1. The highest BCUT2D eigenvalue weighted by atomic mass is 35.5. The van der Waals surface area contributed by atoms with E-state index in [2.05, 4.69) is 24.5 Å². The van der Waals surface area contributed by atoms with E-state index in [0.717, 1.165) is 31.2 Å². The van der Waals surface area contributed by atoms with Crippen LogP contribution in [-0.4, -0.2) is 29.1 Å². The maximum atomic E-state index is 12.9. The summed E-state index contributed by atoms with van der Waals surface area (Å²) in [5.41, 5.74) is 0.938. The van der Waals surface area contributed by atoms with Gasteiger partial charge in [-0.15, -0.1) is 0 Å². The molecule has 0 saturated heterocycles. The molecule has 0 spiro atoms. The van der Waals surface area contributed by atoms with E-state index in [9.17, 15) is 14.7 Å². The van der Waals surface area contributed by atoms with Gasteiger partial charge in [0.25, 0.3) is 0 Å². The van der Waals surface area contributed by atoms with Gasteiger partial charge in [0.1, 0.15) is 0 Å². The minimum atomic E-state index is -0.559. The molecule has 0 aromatic heterocycles. The molecule has 1 aromatic carbocycles. The van der Waals surface area contributed by atoms with Crippen LogP contribution in [0.2, 0.25) is 5.02 Å². The van der Waals surface area contributed by atoms with E-state index in [-0.39, 0.29) is 46.9 Å². The molecule has 30 heavy (non-hydrogen) atoms. The number of carbonyl (C=O) groups is 2. The molecular formula is C24H35ClN2O3. The van der Waals surface area contributed by atoms with Crippen LogP contribution in [0.15, 0.2) is 24.3 Å². The molecule has 3 rings (SSSR count). The molecular weight excluding hydrogens is 400 g/mol. The van der Waals surface area contributed by atoms with Crippen LogP contribution in [0.25, 0.3) is 0 Å². The molecule has 2 fully saturated rings. The van der Waals surface area contributed by atoms with E-state index in [1.54, 1.807) is 6.92 Å². The van der Waals surface area contributed by atoms with Gasteiger partial charge in [0.2, 0.25) is 11.8 Å². The summed E-state index contributed by atoms with van der Waals surface area (Å²) in [6.07, 6.45) is 3.21. The Kier molecular flexibility index (Phi) is 7.13. The molecule has 7 atom stereocenters. The summed E-state index contributed by atoms with van der Waals surface area (Å²) in [6, 6.07) is 7.57. The third kappa shape index (κ3) is 4.67. The molecule has 2 aliphatic rings. The zero-order valence-electron chi connectivity index (χ0n) is 18.5. The Morgan fingerprint density at radius 3 is 2.60 bits per heavy atom. The SMILES string of the molecule is CC(=O)N[C@H]1CC[C@]2(C)CCC([C@H](C)C(=O)NCc3ccccc3Cl)[C@H](O)[C@H]2[C@@H]1C. The maximum absolute atomic E-state index is 12.9. The highest BCUT2D eigenvalue weighted by Gasteiger charge is 2.53. The molecule has 0 aliphatic heterocycles. The predicted molar refractivity (Wildman–Crippen MR) is 119 cm³/mol. The summed E-state index contributed by atoms with van der Waals surface area (Å²) in [5.74, 6) is -0.216. The van der Waals surface area contributed by atoms with Crippen molar-refractivity contribution in [1.29, 1.82) is 0 Å². The van der Waals surface area contributed by atoms with E-state index in [0.29, 0.717) is 11.6 Å². The fraction of sp³-hybridized carbons (Fsp3) is 0.667. The highest BCUT2D eigenvalue weighted by Crippen LogP contribution is 2.55. The van der Waals surface area contributed by atoms with Crippen LogP contribution >= 0.6 is 11.6 Å². The van der Waals surface area contributed by atoms with Crippen molar-refractivity contribution < 1.29 is 14.7 Å². The van der Waals surface area contributed by atoms with E-state index >= 15 is 0 Å². The van der Waals surface area contributed by atoms with Crippen molar-refractivity contribution in [2.24, 2.45) is 29.1 Å².